The average molecular weight is 245 g/mol. The highest BCUT2D eigenvalue weighted by Gasteiger charge is 2.28. The van der Waals surface area contributed by atoms with Gasteiger partial charge in [-0.2, -0.15) is 0 Å². The third-order valence-electron chi connectivity index (χ3n) is 3.48. The molecule has 0 radical (unpaired) electrons. The van der Waals surface area contributed by atoms with Crippen LogP contribution < -0.4 is 5.32 Å². The standard InChI is InChI=1S/C12H23NO2S/c1-10(8-11-2-3-11)13-6-7-16(14,15)9-12-4-5-12/h10-13H,2-9H2,1H3. The Bertz CT molecular complexity index is 318. The topological polar surface area (TPSA) is 46.2 Å². The van der Waals surface area contributed by atoms with E-state index in [0.29, 0.717) is 30.0 Å². The lowest BCUT2D eigenvalue weighted by Gasteiger charge is -2.13. The van der Waals surface area contributed by atoms with Crippen molar-refractivity contribution in [3.63, 3.8) is 0 Å². The van der Waals surface area contributed by atoms with E-state index in [4.69, 9.17) is 0 Å². The Morgan fingerprint density at radius 2 is 1.81 bits per heavy atom. The van der Waals surface area contributed by atoms with Crippen LogP contribution in [0.3, 0.4) is 0 Å². The number of hydrogen-bond donors (Lipinski definition) is 1. The summed E-state index contributed by atoms with van der Waals surface area (Å²) in [4.78, 5) is 0. The van der Waals surface area contributed by atoms with Crippen molar-refractivity contribution in [1.29, 1.82) is 0 Å². The van der Waals surface area contributed by atoms with E-state index in [0.717, 1.165) is 18.8 Å². The zero-order valence-corrected chi connectivity index (χ0v) is 10.9. The minimum absolute atomic E-state index is 0.318. The first-order valence-corrected chi connectivity index (χ1v) is 8.31. The van der Waals surface area contributed by atoms with Crippen LogP contribution in [0.25, 0.3) is 0 Å². The summed E-state index contributed by atoms with van der Waals surface area (Å²) >= 11 is 0. The van der Waals surface area contributed by atoms with Gasteiger partial charge in [0.2, 0.25) is 0 Å². The van der Waals surface area contributed by atoms with Crippen molar-refractivity contribution in [3.8, 4) is 0 Å². The molecule has 1 atom stereocenters. The van der Waals surface area contributed by atoms with Gasteiger partial charge >= 0.3 is 0 Å². The molecule has 16 heavy (non-hydrogen) atoms. The Morgan fingerprint density at radius 3 is 2.38 bits per heavy atom. The number of rotatable bonds is 8. The van der Waals surface area contributed by atoms with Crippen LogP contribution in [0.4, 0.5) is 0 Å². The molecule has 0 amide bonds. The van der Waals surface area contributed by atoms with Gasteiger partial charge in [-0.05, 0) is 38.0 Å². The van der Waals surface area contributed by atoms with Gasteiger partial charge in [-0.25, -0.2) is 8.42 Å². The predicted molar refractivity (Wildman–Crippen MR) is 66.2 cm³/mol. The maximum absolute atomic E-state index is 11.7. The van der Waals surface area contributed by atoms with E-state index in [2.05, 4.69) is 12.2 Å². The average Bonchev–Trinajstić information content (AvgIpc) is 2.99. The van der Waals surface area contributed by atoms with Crippen molar-refractivity contribution in [2.75, 3.05) is 18.1 Å². The van der Waals surface area contributed by atoms with E-state index < -0.39 is 9.84 Å². The molecule has 0 heterocycles. The third-order valence-corrected chi connectivity index (χ3v) is 5.28. The minimum atomic E-state index is -2.79. The van der Waals surface area contributed by atoms with Gasteiger partial charge in [0, 0.05) is 12.6 Å². The molecule has 0 aromatic carbocycles. The van der Waals surface area contributed by atoms with Gasteiger partial charge in [0.25, 0.3) is 0 Å². The molecule has 1 unspecified atom stereocenters. The summed E-state index contributed by atoms with van der Waals surface area (Å²) in [6, 6.07) is 0.476. The molecule has 2 aliphatic carbocycles. The van der Waals surface area contributed by atoms with Crippen molar-refractivity contribution in [3.05, 3.63) is 0 Å². The minimum Gasteiger partial charge on any atom is -0.313 e. The van der Waals surface area contributed by atoms with Gasteiger partial charge in [-0.1, -0.05) is 12.8 Å². The lowest BCUT2D eigenvalue weighted by Crippen LogP contribution is -2.32. The van der Waals surface area contributed by atoms with E-state index in [9.17, 15) is 8.42 Å². The highest BCUT2D eigenvalue weighted by Crippen LogP contribution is 2.33. The fraction of sp³-hybridized carbons (Fsp3) is 1.00. The summed E-state index contributed by atoms with van der Waals surface area (Å²) in [5, 5.41) is 3.32. The Hall–Kier alpha value is -0.0900. The van der Waals surface area contributed by atoms with Crippen LogP contribution in [0.1, 0.15) is 39.0 Å². The molecule has 0 bridgehead atoms. The van der Waals surface area contributed by atoms with E-state index in [-0.39, 0.29) is 0 Å². The monoisotopic (exact) mass is 245 g/mol. The molecule has 1 N–H and O–H groups in total. The largest absolute Gasteiger partial charge is 0.313 e. The molecule has 3 nitrogen and oxygen atoms in total. The van der Waals surface area contributed by atoms with Crippen molar-refractivity contribution in [1.82, 2.24) is 5.32 Å². The van der Waals surface area contributed by atoms with Gasteiger partial charge in [-0.15, -0.1) is 0 Å². The van der Waals surface area contributed by atoms with Crippen LogP contribution in [-0.2, 0) is 9.84 Å². The molecule has 0 spiro atoms. The molecule has 0 aromatic heterocycles. The first kappa shape index (κ1) is 12.4. The zero-order chi connectivity index (χ0) is 11.6. The number of sulfone groups is 1. The Morgan fingerprint density at radius 1 is 1.19 bits per heavy atom. The summed E-state index contributed by atoms with van der Waals surface area (Å²) in [5.41, 5.74) is 0. The normalized spacial score (nSPS) is 23.3. The number of hydrogen-bond acceptors (Lipinski definition) is 3. The van der Waals surface area contributed by atoms with Crippen LogP contribution in [0, 0.1) is 11.8 Å². The quantitative estimate of drug-likeness (QED) is 0.706. The second kappa shape index (κ2) is 5.05. The molecule has 2 fully saturated rings. The Labute approximate surface area is 98.9 Å². The molecule has 2 aliphatic rings. The fourth-order valence-electron chi connectivity index (χ4n) is 2.12. The van der Waals surface area contributed by atoms with E-state index in [1.807, 2.05) is 0 Å². The summed E-state index contributed by atoms with van der Waals surface area (Å²) in [6.45, 7) is 2.79. The van der Waals surface area contributed by atoms with E-state index in [1.165, 1.54) is 19.3 Å². The van der Waals surface area contributed by atoms with Gasteiger partial charge in [0.05, 0.1) is 11.5 Å². The summed E-state index contributed by atoms with van der Waals surface area (Å²) in [6.07, 6.45) is 6.18. The molecule has 4 heteroatoms. The molecular formula is C12H23NO2S. The molecule has 0 saturated heterocycles. The maximum Gasteiger partial charge on any atom is 0.151 e. The maximum atomic E-state index is 11.7. The SMILES string of the molecule is CC(CC1CC1)NCCS(=O)(=O)CC1CC1. The first-order chi connectivity index (χ1) is 7.55. The second-order valence-corrected chi connectivity index (χ2v) is 7.82. The van der Waals surface area contributed by atoms with Crippen molar-refractivity contribution in [2.24, 2.45) is 11.8 Å². The van der Waals surface area contributed by atoms with Crippen molar-refractivity contribution in [2.45, 2.75) is 45.1 Å². The smallest absolute Gasteiger partial charge is 0.151 e. The van der Waals surface area contributed by atoms with Crippen LogP contribution in [-0.4, -0.2) is 32.5 Å². The lowest BCUT2D eigenvalue weighted by atomic mass is 10.2. The van der Waals surface area contributed by atoms with E-state index >= 15 is 0 Å². The molecule has 0 aromatic rings. The Balaban J connectivity index is 1.58. The highest BCUT2D eigenvalue weighted by molar-refractivity contribution is 7.91. The van der Waals surface area contributed by atoms with E-state index in [1.54, 1.807) is 0 Å². The van der Waals surface area contributed by atoms with Crippen molar-refractivity contribution >= 4 is 9.84 Å². The van der Waals surface area contributed by atoms with Crippen LogP contribution in [0.15, 0.2) is 0 Å². The van der Waals surface area contributed by atoms with Crippen LogP contribution >= 0.6 is 0 Å². The van der Waals surface area contributed by atoms with Gasteiger partial charge < -0.3 is 5.32 Å². The molecular weight excluding hydrogens is 222 g/mol. The Kier molecular flexibility index (Phi) is 3.90. The van der Waals surface area contributed by atoms with Gasteiger partial charge in [0.1, 0.15) is 0 Å². The van der Waals surface area contributed by atoms with Crippen molar-refractivity contribution < 1.29 is 8.42 Å². The summed E-state index contributed by atoms with van der Waals surface area (Å²) in [5.74, 6) is 2.13. The van der Waals surface area contributed by atoms with Crippen LogP contribution in [0.5, 0.6) is 0 Å². The second-order valence-electron chi connectivity index (χ2n) is 5.59. The van der Waals surface area contributed by atoms with Gasteiger partial charge in [0.15, 0.2) is 9.84 Å². The molecule has 0 aliphatic heterocycles. The van der Waals surface area contributed by atoms with Crippen LogP contribution in [0.2, 0.25) is 0 Å². The highest BCUT2D eigenvalue weighted by atomic mass is 32.2. The molecule has 2 rings (SSSR count). The molecule has 2 saturated carbocycles. The summed E-state index contributed by atoms with van der Waals surface area (Å²) in [7, 11) is -2.79. The zero-order valence-electron chi connectivity index (χ0n) is 10.1. The first-order valence-electron chi connectivity index (χ1n) is 6.49. The predicted octanol–water partition coefficient (Wildman–Crippen LogP) is 1.59. The number of nitrogens with one attached hydrogen (secondary N) is 1. The molecule has 94 valence electrons. The summed E-state index contributed by atoms with van der Waals surface area (Å²) < 4.78 is 23.3. The van der Waals surface area contributed by atoms with Gasteiger partial charge in [-0.3, -0.25) is 0 Å². The fourth-order valence-corrected chi connectivity index (χ4v) is 3.77. The lowest BCUT2D eigenvalue weighted by molar-refractivity contribution is 0.499. The third kappa shape index (κ3) is 4.83.